The Balaban J connectivity index is 1.38. The summed E-state index contributed by atoms with van der Waals surface area (Å²) in [5.74, 6) is 1.35. The van der Waals surface area contributed by atoms with Crippen LogP contribution >= 0.6 is 11.6 Å². The summed E-state index contributed by atoms with van der Waals surface area (Å²) in [5, 5.41) is 0.575. The minimum absolute atomic E-state index is 0.0115. The molecule has 0 N–H and O–H groups in total. The first-order valence-corrected chi connectivity index (χ1v) is 10.6. The van der Waals surface area contributed by atoms with Crippen LogP contribution in [0.5, 0.6) is 11.5 Å². The van der Waals surface area contributed by atoms with Gasteiger partial charge in [-0.2, -0.15) is 0 Å². The molecule has 1 spiro atoms. The second-order valence-corrected chi connectivity index (χ2v) is 8.76. The van der Waals surface area contributed by atoms with Gasteiger partial charge >= 0.3 is 0 Å². The van der Waals surface area contributed by atoms with Gasteiger partial charge in [0.2, 0.25) is 0 Å². The number of halogens is 1. The molecule has 1 saturated heterocycles. The summed E-state index contributed by atoms with van der Waals surface area (Å²) >= 11 is 6.17. The molecule has 2 aliphatic heterocycles. The number of benzene rings is 2. The summed E-state index contributed by atoms with van der Waals surface area (Å²) in [6.45, 7) is 7.01. The maximum Gasteiger partial charge on any atom is 0.260 e. The molecule has 6 heteroatoms. The average molecular weight is 428 g/mol. The van der Waals surface area contributed by atoms with E-state index >= 15 is 0 Å². The largest absolute Gasteiger partial charge is 0.486 e. The first-order valence-electron chi connectivity index (χ1n) is 10.3. The van der Waals surface area contributed by atoms with Gasteiger partial charge in [0, 0.05) is 31.0 Å². The Morgan fingerprint density at radius 2 is 1.90 bits per heavy atom. The van der Waals surface area contributed by atoms with Crippen molar-refractivity contribution in [3.63, 3.8) is 0 Å². The summed E-state index contributed by atoms with van der Waals surface area (Å²) in [4.78, 5) is 27.2. The Hall–Kier alpha value is -2.53. The van der Waals surface area contributed by atoms with Crippen molar-refractivity contribution in [2.24, 2.45) is 0 Å². The van der Waals surface area contributed by atoms with Crippen LogP contribution < -0.4 is 9.47 Å². The zero-order chi connectivity index (χ0) is 21.5. The standard InChI is InChI=1S/C24H26ClNO4/c1-15-5-4-6-21(17(15)3)29-14-23(28)26-9-7-24(8-10-26)13-20(27)18-12-19(25)16(2)11-22(18)30-24/h4-6,11-12H,7-10,13-14H2,1-3H3. The first-order chi connectivity index (χ1) is 14.3. The third-order valence-electron chi connectivity index (χ3n) is 6.30. The van der Waals surface area contributed by atoms with Crippen LogP contribution in [0.4, 0.5) is 0 Å². The molecule has 0 aliphatic carbocycles. The minimum Gasteiger partial charge on any atom is -0.486 e. The number of carbonyl (C=O) groups is 2. The topological polar surface area (TPSA) is 55.8 Å². The fourth-order valence-corrected chi connectivity index (χ4v) is 4.33. The van der Waals surface area contributed by atoms with Crippen molar-refractivity contribution in [3.8, 4) is 11.5 Å². The van der Waals surface area contributed by atoms with Gasteiger partial charge in [0.05, 0.1) is 12.0 Å². The van der Waals surface area contributed by atoms with Crippen molar-refractivity contribution in [3.05, 3.63) is 57.6 Å². The zero-order valence-corrected chi connectivity index (χ0v) is 18.3. The highest BCUT2D eigenvalue weighted by Crippen LogP contribution is 2.41. The van der Waals surface area contributed by atoms with Gasteiger partial charge < -0.3 is 14.4 Å². The molecule has 0 aromatic heterocycles. The Morgan fingerprint density at radius 3 is 2.63 bits per heavy atom. The fourth-order valence-electron chi connectivity index (χ4n) is 4.17. The molecule has 0 unspecified atom stereocenters. The summed E-state index contributed by atoms with van der Waals surface area (Å²) in [6, 6.07) is 9.37. The van der Waals surface area contributed by atoms with E-state index in [0.717, 1.165) is 22.4 Å². The molecule has 1 fully saturated rings. The number of carbonyl (C=O) groups excluding carboxylic acids is 2. The number of fused-ring (bicyclic) bond motifs is 1. The van der Waals surface area contributed by atoms with Gasteiger partial charge in [-0.1, -0.05) is 23.7 Å². The number of hydrogen-bond acceptors (Lipinski definition) is 4. The molecule has 2 aliphatic rings. The smallest absolute Gasteiger partial charge is 0.260 e. The predicted molar refractivity (Wildman–Crippen MR) is 116 cm³/mol. The second kappa shape index (κ2) is 7.95. The molecule has 0 radical (unpaired) electrons. The lowest BCUT2D eigenvalue weighted by Gasteiger charge is -2.44. The maximum atomic E-state index is 12.7. The molecular weight excluding hydrogens is 402 g/mol. The molecule has 2 aromatic rings. The first kappa shape index (κ1) is 20.7. The molecule has 0 saturated carbocycles. The fraction of sp³-hybridized carbons (Fsp3) is 0.417. The van der Waals surface area contributed by atoms with Gasteiger partial charge in [-0.15, -0.1) is 0 Å². The highest BCUT2D eigenvalue weighted by Gasteiger charge is 2.43. The van der Waals surface area contributed by atoms with Crippen molar-refractivity contribution >= 4 is 23.3 Å². The summed E-state index contributed by atoms with van der Waals surface area (Å²) in [5.41, 5.74) is 3.07. The Kier molecular flexibility index (Phi) is 5.49. The van der Waals surface area contributed by atoms with Crippen molar-refractivity contribution in [1.82, 2.24) is 4.90 Å². The third-order valence-corrected chi connectivity index (χ3v) is 6.71. The van der Waals surface area contributed by atoms with Crippen LogP contribution in [0, 0.1) is 20.8 Å². The Labute approximate surface area is 181 Å². The summed E-state index contributed by atoms with van der Waals surface area (Å²) in [6.07, 6.45) is 1.56. The van der Waals surface area contributed by atoms with E-state index in [9.17, 15) is 9.59 Å². The molecule has 1 amide bonds. The number of aryl methyl sites for hydroxylation is 2. The molecule has 5 nitrogen and oxygen atoms in total. The van der Waals surface area contributed by atoms with Crippen molar-refractivity contribution in [2.45, 2.75) is 45.6 Å². The Morgan fingerprint density at radius 1 is 1.17 bits per heavy atom. The number of hydrogen-bond donors (Lipinski definition) is 0. The van der Waals surface area contributed by atoms with Crippen LogP contribution in [-0.2, 0) is 4.79 Å². The normalized spacial score (nSPS) is 17.5. The van der Waals surface area contributed by atoms with Gasteiger partial charge in [0.25, 0.3) is 5.91 Å². The molecular formula is C24H26ClNO4. The van der Waals surface area contributed by atoms with Gasteiger partial charge in [-0.25, -0.2) is 0 Å². The average Bonchev–Trinajstić information content (AvgIpc) is 2.71. The number of ketones is 1. The van der Waals surface area contributed by atoms with Gasteiger partial charge in [0.15, 0.2) is 12.4 Å². The molecule has 4 rings (SSSR count). The molecule has 2 aromatic carbocycles. The number of amides is 1. The van der Waals surface area contributed by atoms with Crippen LogP contribution in [0.15, 0.2) is 30.3 Å². The molecule has 30 heavy (non-hydrogen) atoms. The van der Waals surface area contributed by atoms with Crippen LogP contribution in [-0.4, -0.2) is 41.9 Å². The van der Waals surface area contributed by atoms with Crippen LogP contribution in [0.3, 0.4) is 0 Å². The molecule has 0 atom stereocenters. The zero-order valence-electron chi connectivity index (χ0n) is 17.6. The molecule has 2 heterocycles. The van der Waals surface area contributed by atoms with Crippen LogP contribution in [0.2, 0.25) is 5.02 Å². The number of ether oxygens (including phenoxy) is 2. The van der Waals surface area contributed by atoms with Gasteiger partial charge in [-0.3, -0.25) is 9.59 Å². The van der Waals surface area contributed by atoms with Gasteiger partial charge in [-0.05, 0) is 55.7 Å². The number of piperidine rings is 1. The van der Waals surface area contributed by atoms with Crippen molar-refractivity contribution < 1.29 is 19.1 Å². The second-order valence-electron chi connectivity index (χ2n) is 8.35. The van der Waals surface area contributed by atoms with E-state index in [1.807, 2.05) is 45.0 Å². The van der Waals surface area contributed by atoms with E-state index in [1.54, 1.807) is 11.0 Å². The van der Waals surface area contributed by atoms with E-state index < -0.39 is 5.60 Å². The number of nitrogens with zero attached hydrogens (tertiary/aromatic N) is 1. The quantitative estimate of drug-likeness (QED) is 0.714. The summed E-state index contributed by atoms with van der Waals surface area (Å²) < 4.78 is 12.1. The monoisotopic (exact) mass is 427 g/mol. The third kappa shape index (κ3) is 3.91. The highest BCUT2D eigenvalue weighted by atomic mass is 35.5. The lowest BCUT2D eigenvalue weighted by Crippen LogP contribution is -2.53. The SMILES string of the molecule is Cc1cc2c(cc1Cl)C(=O)CC1(CCN(C(=O)COc3cccc(C)c3C)CC1)O2. The summed E-state index contributed by atoms with van der Waals surface area (Å²) in [7, 11) is 0. The predicted octanol–water partition coefficient (Wildman–Crippen LogP) is 4.67. The van der Waals surface area contributed by atoms with E-state index in [-0.39, 0.29) is 18.3 Å². The van der Waals surface area contributed by atoms with E-state index in [0.29, 0.717) is 48.7 Å². The van der Waals surface area contributed by atoms with Gasteiger partial charge in [0.1, 0.15) is 17.1 Å². The Bertz CT molecular complexity index is 1010. The minimum atomic E-state index is -0.547. The van der Waals surface area contributed by atoms with Crippen molar-refractivity contribution in [1.29, 1.82) is 0 Å². The van der Waals surface area contributed by atoms with E-state index in [2.05, 4.69) is 0 Å². The van der Waals surface area contributed by atoms with E-state index in [4.69, 9.17) is 21.1 Å². The van der Waals surface area contributed by atoms with E-state index in [1.165, 1.54) is 0 Å². The lowest BCUT2D eigenvalue weighted by atomic mass is 9.82. The number of Topliss-reactive ketones (excluding diaryl/α,β-unsaturated/α-hetero) is 1. The number of likely N-dealkylation sites (tertiary alicyclic amines) is 1. The number of rotatable bonds is 3. The maximum absolute atomic E-state index is 12.7. The highest BCUT2D eigenvalue weighted by molar-refractivity contribution is 6.31. The molecule has 0 bridgehead atoms. The molecule has 158 valence electrons. The van der Waals surface area contributed by atoms with Crippen LogP contribution in [0.25, 0.3) is 0 Å². The van der Waals surface area contributed by atoms with Crippen molar-refractivity contribution in [2.75, 3.05) is 19.7 Å². The lowest BCUT2D eigenvalue weighted by molar-refractivity contribution is -0.136. The van der Waals surface area contributed by atoms with Crippen LogP contribution in [0.1, 0.15) is 46.3 Å².